The Morgan fingerprint density at radius 3 is 2.71 bits per heavy atom. The molecular weight excluding hydrogens is 350 g/mol. The predicted octanol–water partition coefficient (Wildman–Crippen LogP) is 4.62. The maximum Gasteiger partial charge on any atom is 0.220 e. The average molecular weight is 380 g/mol. The van der Waals surface area contributed by atoms with E-state index in [1.165, 1.54) is 0 Å². The summed E-state index contributed by atoms with van der Waals surface area (Å²) in [4.78, 5) is 16.6. The monoisotopic (exact) mass is 379 g/mol. The molecule has 0 fully saturated rings. The van der Waals surface area contributed by atoms with E-state index < -0.39 is 0 Å². The Kier molecular flexibility index (Phi) is 7.06. The molecule has 2 aromatic carbocycles. The Morgan fingerprint density at radius 1 is 1.11 bits per heavy atom. The van der Waals surface area contributed by atoms with E-state index in [0.717, 1.165) is 54.0 Å². The summed E-state index contributed by atoms with van der Waals surface area (Å²) in [6, 6.07) is 16.2. The molecule has 1 N–H and O–H groups in total. The molecule has 1 heterocycles. The summed E-state index contributed by atoms with van der Waals surface area (Å²) in [5.74, 6) is 1.94. The number of hydrogen-bond acceptors (Lipinski definition) is 3. The molecular formula is C23H29N3O2. The van der Waals surface area contributed by atoms with Gasteiger partial charge in [0.15, 0.2) is 0 Å². The lowest BCUT2D eigenvalue weighted by atomic mass is 10.2. The van der Waals surface area contributed by atoms with Crippen LogP contribution in [0.3, 0.4) is 0 Å². The molecule has 0 spiro atoms. The Bertz CT molecular complexity index is 917. The van der Waals surface area contributed by atoms with Gasteiger partial charge < -0.3 is 14.6 Å². The van der Waals surface area contributed by atoms with Crippen LogP contribution < -0.4 is 10.1 Å². The van der Waals surface area contributed by atoms with E-state index in [1.807, 2.05) is 43.3 Å². The normalized spacial score (nSPS) is 10.9. The van der Waals surface area contributed by atoms with Crippen LogP contribution in [0.5, 0.6) is 5.75 Å². The van der Waals surface area contributed by atoms with E-state index in [4.69, 9.17) is 9.72 Å². The number of hydrogen-bond donors (Lipinski definition) is 1. The van der Waals surface area contributed by atoms with Crippen molar-refractivity contribution in [3.63, 3.8) is 0 Å². The van der Waals surface area contributed by atoms with Gasteiger partial charge in [0.2, 0.25) is 5.91 Å². The van der Waals surface area contributed by atoms with Crippen LogP contribution >= 0.6 is 0 Å². The highest BCUT2D eigenvalue weighted by Gasteiger charge is 2.11. The number of carbonyl (C=O) groups is 1. The van der Waals surface area contributed by atoms with Gasteiger partial charge in [0.05, 0.1) is 24.2 Å². The van der Waals surface area contributed by atoms with Crippen LogP contribution in [0.2, 0.25) is 0 Å². The van der Waals surface area contributed by atoms with Crippen LogP contribution in [0.25, 0.3) is 11.0 Å². The number of ether oxygens (including phenoxy) is 1. The van der Waals surface area contributed by atoms with Crippen LogP contribution in [0.1, 0.15) is 44.0 Å². The van der Waals surface area contributed by atoms with Crippen molar-refractivity contribution in [1.29, 1.82) is 0 Å². The zero-order valence-corrected chi connectivity index (χ0v) is 16.8. The third kappa shape index (κ3) is 5.12. The Morgan fingerprint density at radius 2 is 1.89 bits per heavy atom. The summed E-state index contributed by atoms with van der Waals surface area (Å²) in [7, 11) is 0. The average Bonchev–Trinajstić information content (AvgIpc) is 3.05. The highest BCUT2D eigenvalue weighted by atomic mass is 16.5. The standard InChI is InChI=1S/C23H29N3O2/c1-3-10-23(27)24-17-22-25-19-12-5-6-13-20(19)26(22)15-8-9-16-28-21-14-7-4-11-18(21)2/h4-7,11-14H,3,8-10,15-17H2,1-2H3,(H,24,27). The smallest absolute Gasteiger partial charge is 0.220 e. The summed E-state index contributed by atoms with van der Waals surface area (Å²) in [6.45, 7) is 6.09. The molecule has 0 bridgehead atoms. The summed E-state index contributed by atoms with van der Waals surface area (Å²) in [6.07, 6.45) is 3.35. The van der Waals surface area contributed by atoms with Crippen molar-refractivity contribution in [1.82, 2.24) is 14.9 Å². The molecule has 5 nitrogen and oxygen atoms in total. The zero-order valence-electron chi connectivity index (χ0n) is 16.8. The fourth-order valence-corrected chi connectivity index (χ4v) is 3.28. The molecule has 5 heteroatoms. The van der Waals surface area contributed by atoms with Gasteiger partial charge in [-0.3, -0.25) is 4.79 Å². The van der Waals surface area contributed by atoms with E-state index >= 15 is 0 Å². The summed E-state index contributed by atoms with van der Waals surface area (Å²) < 4.78 is 8.12. The third-order valence-corrected chi connectivity index (χ3v) is 4.78. The van der Waals surface area contributed by atoms with Crippen molar-refractivity contribution in [3.8, 4) is 5.75 Å². The molecule has 1 aromatic heterocycles. The molecule has 0 aliphatic heterocycles. The van der Waals surface area contributed by atoms with Crippen molar-refractivity contribution in [2.24, 2.45) is 0 Å². The number of imidazole rings is 1. The second-order valence-corrected chi connectivity index (χ2v) is 7.02. The predicted molar refractivity (Wildman–Crippen MR) is 112 cm³/mol. The third-order valence-electron chi connectivity index (χ3n) is 4.78. The minimum Gasteiger partial charge on any atom is -0.493 e. The lowest BCUT2D eigenvalue weighted by Crippen LogP contribution is -2.24. The minimum atomic E-state index is 0.0766. The van der Waals surface area contributed by atoms with E-state index in [1.54, 1.807) is 0 Å². The Hall–Kier alpha value is -2.82. The first-order valence-electron chi connectivity index (χ1n) is 10.1. The van der Waals surface area contributed by atoms with Crippen molar-refractivity contribution in [2.75, 3.05) is 6.61 Å². The maximum absolute atomic E-state index is 11.8. The first-order valence-corrected chi connectivity index (χ1v) is 10.1. The number of amides is 1. The second-order valence-electron chi connectivity index (χ2n) is 7.02. The topological polar surface area (TPSA) is 56.2 Å². The number of fused-ring (bicyclic) bond motifs is 1. The first-order chi connectivity index (χ1) is 13.7. The van der Waals surface area contributed by atoms with Crippen LogP contribution in [0.15, 0.2) is 48.5 Å². The highest BCUT2D eigenvalue weighted by molar-refractivity contribution is 5.77. The molecule has 1 amide bonds. The summed E-state index contributed by atoms with van der Waals surface area (Å²) in [5, 5.41) is 2.98. The van der Waals surface area contributed by atoms with Crippen molar-refractivity contribution < 1.29 is 9.53 Å². The van der Waals surface area contributed by atoms with Gasteiger partial charge in [-0.15, -0.1) is 0 Å². The van der Waals surface area contributed by atoms with Gasteiger partial charge in [0, 0.05) is 13.0 Å². The molecule has 148 valence electrons. The van der Waals surface area contributed by atoms with Gasteiger partial charge in [0.1, 0.15) is 11.6 Å². The molecule has 0 atom stereocenters. The lowest BCUT2D eigenvalue weighted by molar-refractivity contribution is -0.121. The van der Waals surface area contributed by atoms with E-state index in [0.29, 0.717) is 19.6 Å². The van der Waals surface area contributed by atoms with Crippen LogP contribution in [-0.2, 0) is 17.9 Å². The van der Waals surface area contributed by atoms with Gasteiger partial charge in [-0.25, -0.2) is 4.98 Å². The van der Waals surface area contributed by atoms with Gasteiger partial charge in [-0.1, -0.05) is 37.3 Å². The van der Waals surface area contributed by atoms with Crippen molar-refractivity contribution >= 4 is 16.9 Å². The number of para-hydroxylation sites is 3. The largest absolute Gasteiger partial charge is 0.493 e. The van der Waals surface area contributed by atoms with E-state index in [9.17, 15) is 4.79 Å². The van der Waals surface area contributed by atoms with Crippen molar-refractivity contribution in [2.45, 2.75) is 52.6 Å². The van der Waals surface area contributed by atoms with E-state index in [2.05, 4.69) is 28.9 Å². The van der Waals surface area contributed by atoms with Gasteiger partial charge in [-0.05, 0) is 49.9 Å². The minimum absolute atomic E-state index is 0.0766. The maximum atomic E-state index is 11.8. The quantitative estimate of drug-likeness (QED) is 0.523. The summed E-state index contributed by atoms with van der Waals surface area (Å²) >= 11 is 0. The molecule has 0 aliphatic carbocycles. The number of aromatic nitrogens is 2. The number of benzene rings is 2. The second kappa shape index (κ2) is 9.93. The van der Waals surface area contributed by atoms with Gasteiger partial charge >= 0.3 is 0 Å². The molecule has 3 rings (SSSR count). The molecule has 0 radical (unpaired) electrons. The Labute approximate surface area is 166 Å². The summed E-state index contributed by atoms with van der Waals surface area (Å²) in [5.41, 5.74) is 3.24. The molecule has 3 aromatic rings. The zero-order chi connectivity index (χ0) is 19.8. The number of nitrogens with zero attached hydrogens (tertiary/aromatic N) is 2. The number of aryl methyl sites for hydroxylation is 2. The van der Waals surface area contributed by atoms with Crippen LogP contribution in [0.4, 0.5) is 0 Å². The molecule has 0 saturated heterocycles. The SMILES string of the molecule is CCCC(=O)NCc1nc2ccccc2n1CCCCOc1ccccc1C. The van der Waals surface area contributed by atoms with Crippen LogP contribution in [-0.4, -0.2) is 22.1 Å². The molecule has 0 unspecified atom stereocenters. The lowest BCUT2D eigenvalue weighted by Gasteiger charge is -2.11. The number of unbranched alkanes of at least 4 members (excludes halogenated alkanes) is 1. The number of rotatable bonds is 10. The van der Waals surface area contributed by atoms with Gasteiger partial charge in [0.25, 0.3) is 0 Å². The van der Waals surface area contributed by atoms with Gasteiger partial charge in [-0.2, -0.15) is 0 Å². The first kappa shape index (κ1) is 19.9. The molecule has 0 saturated carbocycles. The van der Waals surface area contributed by atoms with Crippen molar-refractivity contribution in [3.05, 3.63) is 59.9 Å². The highest BCUT2D eigenvalue weighted by Crippen LogP contribution is 2.18. The fourth-order valence-electron chi connectivity index (χ4n) is 3.28. The van der Waals surface area contributed by atoms with Crippen LogP contribution in [0, 0.1) is 6.92 Å². The molecule has 0 aliphatic rings. The number of carbonyl (C=O) groups excluding carboxylic acids is 1. The Balaban J connectivity index is 1.58. The number of nitrogens with one attached hydrogen (secondary N) is 1. The molecule has 28 heavy (non-hydrogen) atoms. The fraction of sp³-hybridized carbons (Fsp3) is 0.391. The van der Waals surface area contributed by atoms with E-state index in [-0.39, 0.29) is 5.91 Å².